The number of nitrogen functional groups attached to an aromatic ring is 2. The highest BCUT2D eigenvalue weighted by atomic mass is 35.5. The molecule has 0 aromatic carbocycles. The summed E-state index contributed by atoms with van der Waals surface area (Å²) in [7, 11) is 0. The number of anilines is 2. The monoisotopic (exact) mass is 511 g/mol. The van der Waals surface area contributed by atoms with Crippen LogP contribution in [-0.4, -0.2) is 40.8 Å². The molecule has 9 N–H and O–H groups in total. The number of aliphatic imine (C=N–C) groups is 2. The number of hydrogen-bond acceptors (Lipinski definition) is 7. The number of carbonyl (C=O) groups excluding carboxylic acids is 1. The first-order chi connectivity index (χ1) is 14.3. The molecule has 0 radical (unpaired) electrons. The standard InChI is InChI=1S/C19H34ClN9O.2ClH/c1-13(21)25-11-9-7-5-3-2-4-6-8-10-12-26-19(24)29-18(30)14-16(22)28-17(23)15(20)27-14;;/h2-12H2,1H3,(H2,21,25)(H4,22,23,28)(H3,24,26,29,30);2*1H. The van der Waals surface area contributed by atoms with E-state index in [0.29, 0.717) is 12.4 Å². The van der Waals surface area contributed by atoms with Crippen LogP contribution in [0.4, 0.5) is 11.6 Å². The van der Waals surface area contributed by atoms with E-state index in [1.807, 2.05) is 6.92 Å². The van der Waals surface area contributed by atoms with Crippen LogP contribution >= 0.6 is 36.4 Å². The maximum Gasteiger partial charge on any atom is 0.280 e. The molecule has 1 heterocycles. The molecule has 0 unspecified atom stereocenters. The highest BCUT2D eigenvalue weighted by Crippen LogP contribution is 2.17. The van der Waals surface area contributed by atoms with Gasteiger partial charge in [0.1, 0.15) is 0 Å². The number of nitrogens with two attached hydrogens (primary N) is 4. The molecule has 0 aliphatic carbocycles. The molecule has 32 heavy (non-hydrogen) atoms. The third kappa shape index (κ3) is 14.1. The molecule has 0 bridgehead atoms. The van der Waals surface area contributed by atoms with Crippen molar-refractivity contribution in [1.29, 1.82) is 0 Å². The van der Waals surface area contributed by atoms with E-state index >= 15 is 0 Å². The van der Waals surface area contributed by atoms with Gasteiger partial charge in [-0.05, 0) is 19.8 Å². The third-order valence-electron chi connectivity index (χ3n) is 4.32. The van der Waals surface area contributed by atoms with Crippen LogP contribution in [0.25, 0.3) is 0 Å². The Balaban J connectivity index is 0. The van der Waals surface area contributed by atoms with E-state index in [1.165, 1.54) is 32.1 Å². The minimum atomic E-state index is -0.631. The van der Waals surface area contributed by atoms with E-state index in [-0.39, 0.29) is 53.3 Å². The number of nitrogens with zero attached hydrogens (tertiary/aromatic N) is 4. The Morgan fingerprint density at radius 3 is 1.81 bits per heavy atom. The van der Waals surface area contributed by atoms with Crippen LogP contribution < -0.4 is 28.3 Å². The Bertz CT molecular complexity index is 741. The van der Waals surface area contributed by atoms with Crippen LogP contribution in [0.1, 0.15) is 75.2 Å². The van der Waals surface area contributed by atoms with Gasteiger partial charge < -0.3 is 22.9 Å². The molecule has 0 spiro atoms. The second-order valence-corrected chi connectivity index (χ2v) is 7.42. The first-order valence-corrected chi connectivity index (χ1v) is 10.6. The fraction of sp³-hybridized carbons (Fsp3) is 0.632. The summed E-state index contributed by atoms with van der Waals surface area (Å²) in [6.07, 6.45) is 10.4. The molecule has 1 aromatic rings. The van der Waals surface area contributed by atoms with Crippen molar-refractivity contribution in [2.45, 2.75) is 64.7 Å². The summed E-state index contributed by atoms with van der Waals surface area (Å²) in [6.45, 7) is 3.19. The number of carbonyl (C=O) groups is 1. The molecule has 184 valence electrons. The summed E-state index contributed by atoms with van der Waals surface area (Å²) in [6, 6.07) is 0. The summed E-state index contributed by atoms with van der Waals surface area (Å²) in [5, 5.41) is 2.32. The van der Waals surface area contributed by atoms with Gasteiger partial charge in [-0.2, -0.15) is 0 Å². The van der Waals surface area contributed by atoms with Crippen molar-refractivity contribution >= 4 is 65.8 Å². The zero-order chi connectivity index (χ0) is 22.4. The lowest BCUT2D eigenvalue weighted by Crippen LogP contribution is -2.38. The van der Waals surface area contributed by atoms with E-state index in [4.69, 9.17) is 34.5 Å². The van der Waals surface area contributed by atoms with Gasteiger partial charge in [0.25, 0.3) is 5.91 Å². The average Bonchev–Trinajstić information content (AvgIpc) is 2.67. The van der Waals surface area contributed by atoms with Crippen LogP contribution in [0.5, 0.6) is 0 Å². The molecule has 0 atom stereocenters. The third-order valence-corrected chi connectivity index (χ3v) is 4.60. The predicted molar refractivity (Wildman–Crippen MR) is 138 cm³/mol. The number of guanidine groups is 1. The topological polar surface area (TPSA) is 184 Å². The number of aromatic nitrogens is 2. The zero-order valence-electron chi connectivity index (χ0n) is 18.5. The van der Waals surface area contributed by atoms with Crippen LogP contribution in [-0.2, 0) is 0 Å². The van der Waals surface area contributed by atoms with E-state index in [1.54, 1.807) is 0 Å². The quantitative estimate of drug-likeness (QED) is 0.153. The summed E-state index contributed by atoms with van der Waals surface area (Å²) >= 11 is 5.76. The van der Waals surface area contributed by atoms with Gasteiger partial charge >= 0.3 is 0 Å². The molecule has 13 heteroatoms. The smallest absolute Gasteiger partial charge is 0.280 e. The van der Waals surface area contributed by atoms with E-state index in [2.05, 4.69) is 25.3 Å². The Labute approximate surface area is 207 Å². The molecule has 0 saturated carbocycles. The lowest BCUT2D eigenvalue weighted by Gasteiger charge is -2.07. The number of halogens is 3. The van der Waals surface area contributed by atoms with Crippen molar-refractivity contribution in [3.63, 3.8) is 0 Å². The summed E-state index contributed by atoms with van der Waals surface area (Å²) < 4.78 is 0. The minimum Gasteiger partial charge on any atom is -0.388 e. The first-order valence-electron chi connectivity index (χ1n) is 10.3. The van der Waals surface area contributed by atoms with Gasteiger partial charge in [0.05, 0.1) is 5.84 Å². The van der Waals surface area contributed by atoms with Crippen molar-refractivity contribution in [1.82, 2.24) is 15.3 Å². The fourth-order valence-electron chi connectivity index (χ4n) is 2.74. The molecular weight excluding hydrogens is 477 g/mol. The van der Waals surface area contributed by atoms with Crippen LogP contribution in [0.15, 0.2) is 9.98 Å². The highest BCUT2D eigenvalue weighted by molar-refractivity contribution is 6.31. The van der Waals surface area contributed by atoms with Crippen LogP contribution in [0.2, 0.25) is 5.15 Å². The largest absolute Gasteiger partial charge is 0.388 e. The van der Waals surface area contributed by atoms with Crippen molar-refractivity contribution in [3.05, 3.63) is 10.8 Å². The van der Waals surface area contributed by atoms with E-state index in [0.717, 1.165) is 32.2 Å². The molecule has 0 aliphatic rings. The average molecular weight is 513 g/mol. The SMILES string of the molecule is CC(N)=NCCCCCCCCCCCN=C(N)NC(=O)c1nc(Cl)c(N)nc1N.Cl.Cl. The van der Waals surface area contributed by atoms with Gasteiger partial charge in [0.2, 0.25) is 0 Å². The zero-order valence-corrected chi connectivity index (χ0v) is 20.9. The maximum atomic E-state index is 12.1. The molecule has 1 amide bonds. The van der Waals surface area contributed by atoms with Gasteiger partial charge in [-0.25, -0.2) is 9.97 Å². The summed E-state index contributed by atoms with van der Waals surface area (Å²) in [5.41, 5.74) is 22.2. The van der Waals surface area contributed by atoms with Gasteiger partial charge in [0, 0.05) is 13.1 Å². The van der Waals surface area contributed by atoms with Crippen LogP contribution in [0.3, 0.4) is 0 Å². The Hall–Kier alpha value is -2.04. The van der Waals surface area contributed by atoms with Gasteiger partial charge in [-0.15, -0.1) is 24.8 Å². The second-order valence-electron chi connectivity index (χ2n) is 7.06. The lowest BCUT2D eigenvalue weighted by atomic mass is 10.1. The number of rotatable bonds is 13. The second kappa shape index (κ2) is 18.5. The Morgan fingerprint density at radius 1 is 0.844 bits per heavy atom. The molecule has 1 aromatic heterocycles. The van der Waals surface area contributed by atoms with Gasteiger partial charge in [0.15, 0.2) is 28.4 Å². The lowest BCUT2D eigenvalue weighted by molar-refractivity contribution is 0.0972. The first kappa shape index (κ1) is 32.1. The minimum absolute atomic E-state index is 0. The van der Waals surface area contributed by atoms with Crippen molar-refractivity contribution in [2.75, 3.05) is 24.6 Å². The number of nitrogens with one attached hydrogen (secondary N) is 1. The summed E-state index contributed by atoms with van der Waals surface area (Å²) in [5.74, 6) is -0.133. The molecule has 0 saturated heterocycles. The molecule has 0 aliphatic heterocycles. The predicted octanol–water partition coefficient (Wildman–Crippen LogP) is 3.07. The van der Waals surface area contributed by atoms with Gasteiger partial charge in [-0.1, -0.05) is 56.5 Å². The van der Waals surface area contributed by atoms with Gasteiger partial charge in [-0.3, -0.25) is 20.1 Å². The van der Waals surface area contributed by atoms with Crippen molar-refractivity contribution in [2.24, 2.45) is 21.5 Å². The molecule has 0 fully saturated rings. The van der Waals surface area contributed by atoms with E-state index in [9.17, 15) is 4.79 Å². The Kier molecular flexibility index (Phi) is 18.6. The van der Waals surface area contributed by atoms with Crippen molar-refractivity contribution in [3.8, 4) is 0 Å². The molecule has 1 rings (SSSR count). The maximum absolute atomic E-state index is 12.1. The molecule has 10 nitrogen and oxygen atoms in total. The molecular formula is C19H36Cl3N9O. The normalized spacial score (nSPS) is 11.4. The number of amidine groups is 1. The highest BCUT2D eigenvalue weighted by Gasteiger charge is 2.16. The number of hydrogen-bond donors (Lipinski definition) is 5. The number of unbranched alkanes of at least 4 members (excludes halogenated alkanes) is 8. The summed E-state index contributed by atoms with van der Waals surface area (Å²) in [4.78, 5) is 28.0. The number of amides is 1. The van der Waals surface area contributed by atoms with Crippen LogP contribution in [0, 0.1) is 0 Å². The van der Waals surface area contributed by atoms with Crippen molar-refractivity contribution < 1.29 is 4.79 Å². The Morgan fingerprint density at radius 2 is 1.31 bits per heavy atom. The van der Waals surface area contributed by atoms with E-state index < -0.39 is 5.91 Å². The fourth-order valence-corrected chi connectivity index (χ4v) is 2.87.